The zero-order chi connectivity index (χ0) is 13.2. The maximum Gasteiger partial charge on any atom is 0.245 e. The van der Waals surface area contributed by atoms with Crippen molar-refractivity contribution >= 4 is 11.8 Å². The first-order valence-electron chi connectivity index (χ1n) is 5.93. The van der Waals surface area contributed by atoms with E-state index >= 15 is 0 Å². The van der Waals surface area contributed by atoms with Gasteiger partial charge in [0.2, 0.25) is 11.8 Å². The Morgan fingerprint density at radius 3 is 2.89 bits per heavy atom. The molecule has 18 heavy (non-hydrogen) atoms. The number of nitrogens with one attached hydrogen (secondary N) is 1. The molecule has 7 nitrogen and oxygen atoms in total. The highest BCUT2D eigenvalue weighted by Gasteiger charge is 2.45. The Morgan fingerprint density at radius 1 is 1.50 bits per heavy atom. The van der Waals surface area contributed by atoms with E-state index in [-0.39, 0.29) is 18.4 Å². The zero-order valence-corrected chi connectivity index (χ0v) is 10.6. The summed E-state index contributed by atoms with van der Waals surface area (Å²) in [5, 5.41) is 6.52. The standard InChI is InChI=1S/C11H17N5O2/c1-11(10(18)12-2)4-3-5-16(11)9(17)6-15-8-13-7-14-15/h7-8H,3-6H2,1-2H3,(H,12,18). The molecule has 0 bridgehead atoms. The molecule has 7 heteroatoms. The summed E-state index contributed by atoms with van der Waals surface area (Å²) < 4.78 is 1.46. The van der Waals surface area contributed by atoms with Gasteiger partial charge in [-0.05, 0) is 19.8 Å². The Labute approximate surface area is 105 Å². The molecule has 1 saturated heterocycles. The van der Waals surface area contributed by atoms with Gasteiger partial charge in [0.15, 0.2) is 0 Å². The third kappa shape index (κ3) is 2.07. The van der Waals surface area contributed by atoms with Crippen LogP contribution in [0.1, 0.15) is 19.8 Å². The van der Waals surface area contributed by atoms with Crippen molar-refractivity contribution < 1.29 is 9.59 Å². The lowest BCUT2D eigenvalue weighted by Gasteiger charge is -2.33. The number of likely N-dealkylation sites (N-methyl/N-ethyl adjacent to an activating group) is 1. The van der Waals surface area contributed by atoms with Gasteiger partial charge in [-0.2, -0.15) is 5.10 Å². The minimum atomic E-state index is -0.744. The van der Waals surface area contributed by atoms with Crippen molar-refractivity contribution in [3.8, 4) is 0 Å². The number of rotatable bonds is 3. The Bertz CT molecular complexity index is 444. The van der Waals surface area contributed by atoms with E-state index < -0.39 is 5.54 Å². The van der Waals surface area contributed by atoms with Gasteiger partial charge in [-0.3, -0.25) is 9.59 Å². The molecule has 0 saturated carbocycles. The van der Waals surface area contributed by atoms with Gasteiger partial charge < -0.3 is 10.2 Å². The molecule has 0 spiro atoms. The molecule has 0 radical (unpaired) electrons. The Morgan fingerprint density at radius 2 is 2.28 bits per heavy atom. The average Bonchev–Trinajstić information content (AvgIpc) is 2.98. The highest BCUT2D eigenvalue weighted by molar-refractivity contribution is 5.91. The lowest BCUT2D eigenvalue weighted by molar-refractivity contribution is -0.144. The number of aromatic nitrogens is 3. The van der Waals surface area contributed by atoms with Gasteiger partial charge >= 0.3 is 0 Å². The Balaban J connectivity index is 2.11. The number of nitrogens with zero attached hydrogens (tertiary/aromatic N) is 4. The third-order valence-corrected chi connectivity index (χ3v) is 3.42. The molecule has 1 aliphatic rings. The van der Waals surface area contributed by atoms with E-state index in [1.165, 1.54) is 17.3 Å². The number of carbonyl (C=O) groups excluding carboxylic acids is 2. The molecule has 1 N–H and O–H groups in total. The summed E-state index contributed by atoms with van der Waals surface area (Å²) in [4.78, 5) is 29.5. The van der Waals surface area contributed by atoms with Crippen molar-refractivity contribution in [1.82, 2.24) is 25.0 Å². The molecule has 1 aromatic heterocycles. The summed E-state index contributed by atoms with van der Waals surface area (Å²) in [5.41, 5.74) is -0.744. The molecular weight excluding hydrogens is 234 g/mol. The summed E-state index contributed by atoms with van der Waals surface area (Å²) in [5.74, 6) is -0.226. The first kappa shape index (κ1) is 12.5. The van der Waals surface area contributed by atoms with Crippen molar-refractivity contribution in [3.05, 3.63) is 12.7 Å². The van der Waals surface area contributed by atoms with Crippen molar-refractivity contribution in [2.45, 2.75) is 31.8 Å². The second-order valence-corrected chi connectivity index (χ2v) is 4.59. The zero-order valence-electron chi connectivity index (χ0n) is 10.6. The van der Waals surface area contributed by atoms with Gasteiger partial charge in [-0.15, -0.1) is 0 Å². The van der Waals surface area contributed by atoms with Crippen LogP contribution < -0.4 is 5.32 Å². The Kier molecular flexibility index (Phi) is 3.31. The first-order valence-corrected chi connectivity index (χ1v) is 5.93. The third-order valence-electron chi connectivity index (χ3n) is 3.42. The van der Waals surface area contributed by atoms with E-state index in [0.717, 1.165) is 6.42 Å². The van der Waals surface area contributed by atoms with Crippen LogP contribution in [0.4, 0.5) is 0 Å². The summed E-state index contributed by atoms with van der Waals surface area (Å²) in [6.07, 6.45) is 4.41. The molecular formula is C11H17N5O2. The number of carbonyl (C=O) groups is 2. The molecule has 2 amide bonds. The minimum absolute atomic E-state index is 0.107. The van der Waals surface area contributed by atoms with Gasteiger partial charge in [0.05, 0.1) is 0 Å². The van der Waals surface area contributed by atoms with E-state index in [4.69, 9.17) is 0 Å². The fourth-order valence-electron chi connectivity index (χ4n) is 2.41. The summed E-state index contributed by atoms with van der Waals surface area (Å²) >= 11 is 0. The van der Waals surface area contributed by atoms with Crippen molar-refractivity contribution in [3.63, 3.8) is 0 Å². The fourth-order valence-corrected chi connectivity index (χ4v) is 2.41. The highest BCUT2D eigenvalue weighted by Crippen LogP contribution is 2.29. The van der Waals surface area contributed by atoms with Crippen LogP contribution in [0.15, 0.2) is 12.7 Å². The maximum absolute atomic E-state index is 12.2. The predicted octanol–water partition coefficient (Wildman–Crippen LogP) is -0.595. The highest BCUT2D eigenvalue weighted by atomic mass is 16.2. The van der Waals surface area contributed by atoms with Crippen LogP contribution in [0.5, 0.6) is 0 Å². The maximum atomic E-state index is 12.2. The lowest BCUT2D eigenvalue weighted by atomic mass is 9.97. The van der Waals surface area contributed by atoms with E-state index in [1.807, 2.05) is 0 Å². The van der Waals surface area contributed by atoms with E-state index in [2.05, 4.69) is 15.4 Å². The molecule has 98 valence electrons. The second kappa shape index (κ2) is 4.75. The lowest BCUT2D eigenvalue weighted by Crippen LogP contribution is -2.55. The number of amides is 2. The van der Waals surface area contributed by atoms with Gasteiger partial charge in [0.1, 0.15) is 24.7 Å². The van der Waals surface area contributed by atoms with Crippen LogP contribution in [0.3, 0.4) is 0 Å². The molecule has 2 rings (SSSR count). The molecule has 2 heterocycles. The SMILES string of the molecule is CNC(=O)C1(C)CCCN1C(=O)Cn1cncn1. The monoisotopic (exact) mass is 251 g/mol. The molecule has 1 aliphatic heterocycles. The minimum Gasteiger partial charge on any atom is -0.357 e. The number of hydrogen-bond donors (Lipinski definition) is 1. The van der Waals surface area contributed by atoms with Crippen LogP contribution >= 0.6 is 0 Å². The van der Waals surface area contributed by atoms with Crippen LogP contribution in [-0.4, -0.2) is 50.6 Å². The van der Waals surface area contributed by atoms with Crippen LogP contribution in [0.25, 0.3) is 0 Å². The van der Waals surface area contributed by atoms with Gasteiger partial charge in [-0.25, -0.2) is 9.67 Å². The van der Waals surface area contributed by atoms with E-state index in [1.54, 1.807) is 18.9 Å². The molecule has 1 unspecified atom stereocenters. The van der Waals surface area contributed by atoms with Crippen LogP contribution in [0, 0.1) is 0 Å². The summed E-state index contributed by atoms with van der Waals surface area (Å²) in [6.45, 7) is 2.53. The van der Waals surface area contributed by atoms with E-state index in [9.17, 15) is 9.59 Å². The van der Waals surface area contributed by atoms with Crippen LogP contribution in [-0.2, 0) is 16.1 Å². The fraction of sp³-hybridized carbons (Fsp3) is 0.636. The largest absolute Gasteiger partial charge is 0.357 e. The molecule has 1 fully saturated rings. The topological polar surface area (TPSA) is 80.1 Å². The average molecular weight is 251 g/mol. The normalized spacial score (nSPS) is 23.1. The summed E-state index contributed by atoms with van der Waals surface area (Å²) in [7, 11) is 1.59. The second-order valence-electron chi connectivity index (χ2n) is 4.59. The van der Waals surface area contributed by atoms with Gasteiger partial charge in [0, 0.05) is 13.6 Å². The van der Waals surface area contributed by atoms with Gasteiger partial charge in [0.25, 0.3) is 0 Å². The van der Waals surface area contributed by atoms with Crippen molar-refractivity contribution in [2.75, 3.05) is 13.6 Å². The quantitative estimate of drug-likeness (QED) is 0.778. The van der Waals surface area contributed by atoms with Crippen molar-refractivity contribution in [2.24, 2.45) is 0 Å². The van der Waals surface area contributed by atoms with Gasteiger partial charge in [-0.1, -0.05) is 0 Å². The smallest absolute Gasteiger partial charge is 0.245 e. The van der Waals surface area contributed by atoms with E-state index in [0.29, 0.717) is 13.0 Å². The molecule has 1 aromatic rings. The van der Waals surface area contributed by atoms with Crippen LogP contribution in [0.2, 0.25) is 0 Å². The predicted molar refractivity (Wildman–Crippen MR) is 63.4 cm³/mol. The number of likely N-dealkylation sites (tertiary alicyclic amines) is 1. The molecule has 1 atom stereocenters. The summed E-state index contributed by atoms with van der Waals surface area (Å²) in [6, 6.07) is 0. The number of hydrogen-bond acceptors (Lipinski definition) is 4. The molecule has 0 aliphatic carbocycles. The first-order chi connectivity index (χ1) is 8.58. The van der Waals surface area contributed by atoms with Crippen molar-refractivity contribution in [1.29, 1.82) is 0 Å². The Hall–Kier alpha value is -1.92. The molecule has 0 aromatic carbocycles.